The molecule has 0 aromatic heterocycles. The Balaban J connectivity index is 1.88. The predicted molar refractivity (Wildman–Crippen MR) is 130 cm³/mol. The molecule has 0 aliphatic carbocycles. The number of nitrogens with zero attached hydrogens (tertiary/aromatic N) is 1. The van der Waals surface area contributed by atoms with Gasteiger partial charge < -0.3 is 14.8 Å². The average molecular weight is 501 g/mol. The Hall–Kier alpha value is -3.92. The number of carbonyl (C=O) groups is 2. The summed E-state index contributed by atoms with van der Waals surface area (Å²) in [7, 11) is -2.72. The molecular formula is C25H25FN2O6S. The van der Waals surface area contributed by atoms with Crippen LogP contribution in [-0.2, 0) is 19.6 Å². The molecule has 184 valence electrons. The number of hydrogen-bond donors (Lipinski definition) is 1. The lowest BCUT2D eigenvalue weighted by molar-refractivity contribution is -0.114. The third-order valence-electron chi connectivity index (χ3n) is 5.06. The van der Waals surface area contributed by atoms with E-state index in [4.69, 9.17) is 9.47 Å². The van der Waals surface area contributed by atoms with E-state index >= 15 is 0 Å². The molecule has 0 saturated carbocycles. The van der Waals surface area contributed by atoms with E-state index in [1.165, 1.54) is 49.6 Å². The molecule has 0 heterocycles. The molecule has 10 heteroatoms. The lowest BCUT2D eigenvalue weighted by atomic mass is 10.1. The molecule has 1 N–H and O–H groups in total. The Labute approximate surface area is 203 Å². The third kappa shape index (κ3) is 6.15. The fraction of sp³-hybridized carbons (Fsp3) is 0.200. The lowest BCUT2D eigenvalue weighted by Crippen LogP contribution is -2.38. The molecule has 3 aromatic carbocycles. The van der Waals surface area contributed by atoms with E-state index in [0.29, 0.717) is 22.6 Å². The van der Waals surface area contributed by atoms with Crippen LogP contribution in [0.4, 0.5) is 15.8 Å². The number of sulfonamides is 1. The number of nitrogens with one attached hydrogen (secondary N) is 1. The van der Waals surface area contributed by atoms with Crippen LogP contribution in [0.5, 0.6) is 5.75 Å². The predicted octanol–water partition coefficient (Wildman–Crippen LogP) is 4.15. The Morgan fingerprint density at radius 3 is 2.23 bits per heavy atom. The van der Waals surface area contributed by atoms with Crippen LogP contribution in [0.3, 0.4) is 0 Å². The van der Waals surface area contributed by atoms with Crippen LogP contribution in [0.2, 0.25) is 0 Å². The minimum atomic E-state index is -4.18. The first-order valence-corrected chi connectivity index (χ1v) is 12.1. The first kappa shape index (κ1) is 25.7. The molecule has 8 nitrogen and oxygen atoms in total. The van der Waals surface area contributed by atoms with Crippen LogP contribution in [0.25, 0.3) is 0 Å². The maximum Gasteiger partial charge on any atom is 0.338 e. The fourth-order valence-corrected chi connectivity index (χ4v) is 4.68. The molecule has 3 aromatic rings. The van der Waals surface area contributed by atoms with Crippen molar-refractivity contribution in [3.63, 3.8) is 0 Å². The van der Waals surface area contributed by atoms with Crippen LogP contribution in [-0.4, -0.2) is 40.6 Å². The number of esters is 1. The van der Waals surface area contributed by atoms with Gasteiger partial charge in [0.15, 0.2) is 0 Å². The highest BCUT2D eigenvalue weighted by molar-refractivity contribution is 7.92. The first-order valence-electron chi connectivity index (χ1n) is 10.7. The molecule has 1 amide bonds. The first-order chi connectivity index (χ1) is 16.6. The molecule has 0 aliphatic rings. The minimum absolute atomic E-state index is 0.0644. The van der Waals surface area contributed by atoms with Crippen molar-refractivity contribution in [3.8, 4) is 5.75 Å². The molecule has 0 unspecified atom stereocenters. The van der Waals surface area contributed by atoms with Crippen LogP contribution >= 0.6 is 0 Å². The number of ether oxygens (including phenoxy) is 2. The van der Waals surface area contributed by atoms with E-state index in [1.54, 1.807) is 26.0 Å². The van der Waals surface area contributed by atoms with Crippen molar-refractivity contribution in [2.24, 2.45) is 0 Å². The molecule has 3 rings (SSSR count). The number of methoxy groups -OCH3 is 1. The molecule has 0 fully saturated rings. The quantitative estimate of drug-likeness (QED) is 0.443. The molecule has 0 bridgehead atoms. The molecule has 0 radical (unpaired) electrons. The molecule has 0 spiro atoms. The summed E-state index contributed by atoms with van der Waals surface area (Å²) in [6.45, 7) is 3.06. The van der Waals surface area contributed by atoms with Crippen LogP contribution in [0.15, 0.2) is 71.6 Å². The van der Waals surface area contributed by atoms with Crippen molar-refractivity contribution >= 4 is 33.3 Å². The maximum absolute atomic E-state index is 13.5. The monoisotopic (exact) mass is 500 g/mol. The number of rotatable bonds is 9. The van der Waals surface area contributed by atoms with Crippen molar-refractivity contribution in [1.29, 1.82) is 0 Å². The average Bonchev–Trinajstić information content (AvgIpc) is 2.84. The largest absolute Gasteiger partial charge is 0.497 e. The number of hydrogen-bond acceptors (Lipinski definition) is 6. The van der Waals surface area contributed by atoms with Crippen LogP contribution < -0.4 is 14.4 Å². The maximum atomic E-state index is 13.5. The Kier molecular flexibility index (Phi) is 8.08. The summed E-state index contributed by atoms with van der Waals surface area (Å²) in [5.41, 5.74) is 1.45. The standard InChI is InChI=1S/C25H25FN2O6S/c1-4-34-25(30)18-5-14-23(17(2)15-18)27-24(29)16-28(20-8-6-19(26)7-9-20)35(31,32)22-12-10-21(33-3)11-13-22/h5-15H,4,16H2,1-3H3,(H,27,29). The number of benzene rings is 3. The van der Waals surface area contributed by atoms with E-state index in [2.05, 4.69) is 5.32 Å². The van der Waals surface area contributed by atoms with E-state index in [0.717, 1.165) is 16.4 Å². The molecular weight excluding hydrogens is 475 g/mol. The smallest absolute Gasteiger partial charge is 0.338 e. The van der Waals surface area contributed by atoms with Crippen molar-refractivity contribution in [2.75, 3.05) is 29.9 Å². The summed E-state index contributed by atoms with van der Waals surface area (Å²) in [6.07, 6.45) is 0. The van der Waals surface area contributed by atoms with Gasteiger partial charge in [0.2, 0.25) is 5.91 Å². The van der Waals surface area contributed by atoms with Gasteiger partial charge in [0.05, 0.1) is 29.9 Å². The van der Waals surface area contributed by atoms with E-state index in [1.807, 2.05) is 0 Å². The zero-order valence-electron chi connectivity index (χ0n) is 19.4. The van der Waals surface area contributed by atoms with Crippen LogP contribution in [0.1, 0.15) is 22.8 Å². The van der Waals surface area contributed by atoms with Crippen molar-refractivity contribution < 1.29 is 31.9 Å². The number of anilines is 2. The topological polar surface area (TPSA) is 102 Å². The zero-order chi connectivity index (χ0) is 25.6. The number of halogens is 1. The highest BCUT2D eigenvalue weighted by Gasteiger charge is 2.27. The number of amides is 1. The van der Waals surface area contributed by atoms with Gasteiger partial charge in [-0.1, -0.05) is 0 Å². The van der Waals surface area contributed by atoms with Gasteiger partial charge in [-0.2, -0.15) is 0 Å². The van der Waals surface area contributed by atoms with Crippen molar-refractivity contribution in [1.82, 2.24) is 0 Å². The second kappa shape index (κ2) is 11.0. The second-order valence-electron chi connectivity index (χ2n) is 7.46. The summed E-state index contributed by atoms with van der Waals surface area (Å²) in [6, 6.07) is 15.1. The zero-order valence-corrected chi connectivity index (χ0v) is 20.3. The summed E-state index contributed by atoms with van der Waals surface area (Å²) in [4.78, 5) is 24.8. The Morgan fingerprint density at radius 1 is 1.00 bits per heavy atom. The lowest BCUT2D eigenvalue weighted by Gasteiger charge is -2.24. The summed E-state index contributed by atoms with van der Waals surface area (Å²) in [5, 5.41) is 2.67. The summed E-state index contributed by atoms with van der Waals surface area (Å²) in [5.74, 6) is -1.19. The van der Waals surface area contributed by atoms with E-state index < -0.39 is 34.3 Å². The van der Waals surface area contributed by atoms with Gasteiger partial charge in [0.1, 0.15) is 18.1 Å². The van der Waals surface area contributed by atoms with Gasteiger partial charge in [0.25, 0.3) is 10.0 Å². The third-order valence-corrected chi connectivity index (χ3v) is 6.85. The minimum Gasteiger partial charge on any atom is -0.497 e. The van der Waals surface area contributed by atoms with Gasteiger partial charge in [-0.05, 0) is 86.1 Å². The van der Waals surface area contributed by atoms with Crippen LogP contribution in [0, 0.1) is 12.7 Å². The summed E-state index contributed by atoms with van der Waals surface area (Å²) >= 11 is 0. The van der Waals surface area contributed by atoms with Gasteiger partial charge in [0, 0.05) is 5.69 Å². The molecule has 0 saturated heterocycles. The van der Waals surface area contributed by atoms with Gasteiger partial charge in [-0.15, -0.1) is 0 Å². The molecule has 0 aliphatic heterocycles. The van der Waals surface area contributed by atoms with Gasteiger partial charge >= 0.3 is 5.97 Å². The van der Waals surface area contributed by atoms with Crippen molar-refractivity contribution in [2.45, 2.75) is 18.7 Å². The second-order valence-corrected chi connectivity index (χ2v) is 9.32. The van der Waals surface area contributed by atoms with Crippen molar-refractivity contribution in [3.05, 3.63) is 83.7 Å². The molecule has 0 atom stereocenters. The highest BCUT2D eigenvalue weighted by Crippen LogP contribution is 2.26. The Morgan fingerprint density at radius 2 is 1.66 bits per heavy atom. The SMILES string of the molecule is CCOC(=O)c1ccc(NC(=O)CN(c2ccc(F)cc2)S(=O)(=O)c2ccc(OC)cc2)c(C)c1. The van der Waals surface area contributed by atoms with E-state index in [-0.39, 0.29) is 17.2 Å². The number of carbonyl (C=O) groups excluding carboxylic acids is 2. The fourth-order valence-electron chi connectivity index (χ4n) is 3.26. The molecule has 35 heavy (non-hydrogen) atoms. The van der Waals surface area contributed by atoms with Gasteiger partial charge in [-0.3, -0.25) is 9.10 Å². The normalized spacial score (nSPS) is 11.0. The number of aryl methyl sites for hydroxylation is 1. The van der Waals surface area contributed by atoms with Gasteiger partial charge in [-0.25, -0.2) is 17.6 Å². The van der Waals surface area contributed by atoms with E-state index in [9.17, 15) is 22.4 Å². The highest BCUT2D eigenvalue weighted by atomic mass is 32.2. The summed E-state index contributed by atoms with van der Waals surface area (Å²) < 4.78 is 51.3. The Bertz CT molecular complexity index is 1310.